The average molecular weight is 327 g/mol. The van der Waals surface area contributed by atoms with Crippen LogP contribution in [-0.2, 0) is 0 Å². The predicted molar refractivity (Wildman–Crippen MR) is 79.2 cm³/mol. The van der Waals surface area contributed by atoms with Gasteiger partial charge in [-0.15, -0.1) is 0 Å². The quantitative estimate of drug-likeness (QED) is 0.661. The van der Waals surface area contributed by atoms with Crippen LogP contribution in [0.5, 0.6) is 5.75 Å². The number of carbonyl (C=O) groups is 1. The molecule has 0 spiro atoms. The first-order valence-electron chi connectivity index (χ1n) is 5.62. The van der Waals surface area contributed by atoms with Crippen LogP contribution in [0.1, 0.15) is 10.4 Å². The zero-order valence-corrected chi connectivity index (χ0v) is 11.9. The summed E-state index contributed by atoms with van der Waals surface area (Å²) in [6.45, 7) is 0. The number of hydrogen-bond donors (Lipinski definition) is 2. The van der Waals surface area contributed by atoms with Gasteiger partial charge < -0.3 is 10.4 Å². The molecule has 0 aromatic heterocycles. The van der Waals surface area contributed by atoms with Crippen molar-refractivity contribution >= 4 is 40.5 Å². The maximum Gasteiger partial charge on any atom is 0.271 e. The van der Waals surface area contributed by atoms with Crippen molar-refractivity contribution in [3.63, 3.8) is 0 Å². The highest BCUT2D eigenvalue weighted by Gasteiger charge is 2.15. The molecule has 21 heavy (non-hydrogen) atoms. The number of carbonyl (C=O) groups excluding carboxylic acids is 1. The van der Waals surface area contributed by atoms with Crippen LogP contribution in [0.4, 0.5) is 11.4 Å². The Bertz CT molecular complexity index is 734. The number of phenolic OH excluding ortho intramolecular Hbond substituents is 1. The van der Waals surface area contributed by atoms with Crippen LogP contribution in [0.2, 0.25) is 10.0 Å². The first-order valence-corrected chi connectivity index (χ1v) is 6.38. The van der Waals surface area contributed by atoms with Gasteiger partial charge in [-0.05, 0) is 24.3 Å². The average Bonchev–Trinajstić information content (AvgIpc) is 2.40. The number of nitrogens with one attached hydrogen (secondary N) is 1. The molecular weight excluding hydrogens is 319 g/mol. The van der Waals surface area contributed by atoms with E-state index < -0.39 is 10.8 Å². The number of halogens is 2. The van der Waals surface area contributed by atoms with Crippen LogP contribution in [0.15, 0.2) is 36.4 Å². The molecule has 0 heterocycles. The van der Waals surface area contributed by atoms with Gasteiger partial charge in [0.05, 0.1) is 26.2 Å². The second-order valence-corrected chi connectivity index (χ2v) is 4.85. The predicted octanol–water partition coefficient (Wildman–Crippen LogP) is 3.86. The fourth-order valence-corrected chi connectivity index (χ4v) is 2.03. The summed E-state index contributed by atoms with van der Waals surface area (Å²) in [5.74, 6) is -0.674. The number of nitro groups is 1. The summed E-state index contributed by atoms with van der Waals surface area (Å²) < 4.78 is 0. The Balaban J connectivity index is 2.31. The summed E-state index contributed by atoms with van der Waals surface area (Å²) in [7, 11) is 0. The molecule has 0 aliphatic rings. The number of rotatable bonds is 3. The summed E-state index contributed by atoms with van der Waals surface area (Å²) in [5, 5.41) is 22.6. The van der Waals surface area contributed by atoms with Crippen LogP contribution in [-0.4, -0.2) is 15.9 Å². The Morgan fingerprint density at radius 1 is 1.14 bits per heavy atom. The van der Waals surface area contributed by atoms with E-state index in [2.05, 4.69) is 5.32 Å². The van der Waals surface area contributed by atoms with Crippen LogP contribution in [0, 0.1) is 10.1 Å². The van der Waals surface area contributed by atoms with E-state index in [1.807, 2.05) is 0 Å². The lowest BCUT2D eigenvalue weighted by atomic mass is 10.2. The molecule has 0 bridgehead atoms. The summed E-state index contributed by atoms with van der Waals surface area (Å²) in [4.78, 5) is 22.2. The fraction of sp³-hybridized carbons (Fsp3) is 0. The molecule has 2 aromatic carbocycles. The molecule has 2 aromatic rings. The van der Waals surface area contributed by atoms with Gasteiger partial charge in [-0.25, -0.2) is 0 Å². The smallest absolute Gasteiger partial charge is 0.271 e. The van der Waals surface area contributed by atoms with Crippen molar-refractivity contribution in [2.45, 2.75) is 0 Å². The van der Waals surface area contributed by atoms with Crippen molar-refractivity contribution in [3.05, 3.63) is 62.1 Å². The van der Waals surface area contributed by atoms with E-state index in [1.165, 1.54) is 30.3 Å². The van der Waals surface area contributed by atoms with Gasteiger partial charge in [0.25, 0.3) is 11.6 Å². The van der Waals surface area contributed by atoms with Crippen LogP contribution >= 0.6 is 23.2 Å². The number of hydrogen-bond acceptors (Lipinski definition) is 4. The minimum absolute atomic E-state index is 0.0500. The van der Waals surface area contributed by atoms with Crippen molar-refractivity contribution < 1.29 is 14.8 Å². The van der Waals surface area contributed by atoms with E-state index in [0.717, 1.165) is 6.07 Å². The monoisotopic (exact) mass is 326 g/mol. The maximum absolute atomic E-state index is 12.1. The molecule has 0 radical (unpaired) electrons. The Morgan fingerprint density at radius 3 is 2.48 bits per heavy atom. The number of phenols is 1. The van der Waals surface area contributed by atoms with E-state index in [9.17, 15) is 20.0 Å². The highest BCUT2D eigenvalue weighted by Crippen LogP contribution is 2.28. The molecule has 0 saturated carbocycles. The lowest BCUT2D eigenvalue weighted by molar-refractivity contribution is -0.384. The second kappa shape index (κ2) is 5.99. The molecule has 6 nitrogen and oxygen atoms in total. The third-order valence-corrected chi connectivity index (χ3v) is 3.25. The van der Waals surface area contributed by atoms with Crippen molar-refractivity contribution in [1.29, 1.82) is 0 Å². The lowest BCUT2D eigenvalue weighted by Gasteiger charge is -2.08. The molecular formula is C13H8Cl2N2O4. The van der Waals surface area contributed by atoms with Gasteiger partial charge in [-0.1, -0.05) is 23.2 Å². The van der Waals surface area contributed by atoms with E-state index in [1.54, 1.807) is 0 Å². The van der Waals surface area contributed by atoms with Gasteiger partial charge in [0.15, 0.2) is 0 Å². The standard InChI is InChI=1S/C13H8Cl2N2O4/c14-10-4-1-7(17(20)21)5-12(10)16-13(19)9-3-2-8(18)6-11(9)15/h1-6,18H,(H,16,19). The molecule has 0 saturated heterocycles. The molecule has 2 rings (SSSR count). The zero-order chi connectivity index (χ0) is 15.6. The summed E-state index contributed by atoms with van der Waals surface area (Å²) in [6, 6.07) is 7.54. The highest BCUT2D eigenvalue weighted by molar-refractivity contribution is 6.36. The molecule has 0 aliphatic heterocycles. The van der Waals surface area contributed by atoms with E-state index in [0.29, 0.717) is 0 Å². The van der Waals surface area contributed by atoms with Gasteiger partial charge >= 0.3 is 0 Å². The minimum Gasteiger partial charge on any atom is -0.508 e. The van der Waals surface area contributed by atoms with Crippen molar-refractivity contribution in [2.75, 3.05) is 5.32 Å². The zero-order valence-electron chi connectivity index (χ0n) is 10.3. The van der Waals surface area contributed by atoms with E-state index in [-0.39, 0.29) is 32.7 Å². The molecule has 0 unspecified atom stereocenters. The maximum atomic E-state index is 12.1. The molecule has 2 N–H and O–H groups in total. The first kappa shape index (κ1) is 15.1. The highest BCUT2D eigenvalue weighted by atomic mass is 35.5. The number of amides is 1. The number of nitrogens with zero attached hydrogens (tertiary/aromatic N) is 1. The Morgan fingerprint density at radius 2 is 1.86 bits per heavy atom. The number of non-ortho nitro benzene ring substituents is 1. The third-order valence-electron chi connectivity index (χ3n) is 2.61. The van der Waals surface area contributed by atoms with Gasteiger partial charge in [0.1, 0.15) is 5.75 Å². The first-order chi connectivity index (χ1) is 9.88. The molecule has 1 amide bonds. The number of benzene rings is 2. The third kappa shape index (κ3) is 3.42. The van der Waals surface area contributed by atoms with Gasteiger partial charge in [0, 0.05) is 12.1 Å². The Labute approximate surface area is 129 Å². The van der Waals surface area contributed by atoms with Crippen molar-refractivity contribution in [2.24, 2.45) is 0 Å². The fourth-order valence-electron chi connectivity index (χ4n) is 1.60. The van der Waals surface area contributed by atoms with Crippen LogP contribution < -0.4 is 5.32 Å². The number of nitro benzene ring substituents is 1. The summed E-state index contributed by atoms with van der Waals surface area (Å²) in [5.41, 5.74) is 0.00329. The molecule has 0 atom stereocenters. The SMILES string of the molecule is O=C(Nc1cc([N+](=O)[O-])ccc1Cl)c1ccc(O)cc1Cl. The van der Waals surface area contributed by atoms with Crippen molar-refractivity contribution in [3.8, 4) is 5.75 Å². The van der Waals surface area contributed by atoms with Gasteiger partial charge in [0.2, 0.25) is 0 Å². The van der Waals surface area contributed by atoms with E-state index in [4.69, 9.17) is 23.2 Å². The topological polar surface area (TPSA) is 92.5 Å². The second-order valence-electron chi connectivity index (χ2n) is 4.04. The number of anilines is 1. The van der Waals surface area contributed by atoms with Gasteiger partial charge in [-0.2, -0.15) is 0 Å². The number of aromatic hydroxyl groups is 1. The van der Waals surface area contributed by atoms with E-state index >= 15 is 0 Å². The summed E-state index contributed by atoms with van der Waals surface area (Å²) >= 11 is 11.7. The lowest BCUT2D eigenvalue weighted by Crippen LogP contribution is -2.13. The summed E-state index contributed by atoms with van der Waals surface area (Å²) in [6.07, 6.45) is 0. The molecule has 0 fully saturated rings. The van der Waals surface area contributed by atoms with Crippen LogP contribution in [0.25, 0.3) is 0 Å². The molecule has 108 valence electrons. The molecule has 0 aliphatic carbocycles. The largest absolute Gasteiger partial charge is 0.508 e. The Kier molecular flexibility index (Phi) is 4.30. The minimum atomic E-state index is -0.598. The molecule has 8 heteroatoms. The van der Waals surface area contributed by atoms with Gasteiger partial charge in [-0.3, -0.25) is 14.9 Å². The Hall–Kier alpha value is -2.31. The van der Waals surface area contributed by atoms with Crippen molar-refractivity contribution in [1.82, 2.24) is 0 Å². The van der Waals surface area contributed by atoms with Crippen LogP contribution in [0.3, 0.4) is 0 Å². The normalized spacial score (nSPS) is 10.2.